The second-order valence-corrected chi connectivity index (χ2v) is 8.38. The van der Waals surface area contributed by atoms with Crippen LogP contribution >= 0.6 is 0 Å². The fourth-order valence-electron chi connectivity index (χ4n) is 4.50. The highest BCUT2D eigenvalue weighted by Crippen LogP contribution is 2.44. The number of esters is 1. The van der Waals surface area contributed by atoms with Crippen molar-refractivity contribution in [1.82, 2.24) is 10.3 Å². The largest absolute Gasteiger partial charge is 0.481 e. The third kappa shape index (κ3) is 4.22. The number of nitrogens with one attached hydrogen (secondary N) is 1. The molecule has 11 nitrogen and oxygen atoms in total. The van der Waals surface area contributed by atoms with E-state index >= 15 is 0 Å². The molecule has 2 N–H and O–H groups in total. The van der Waals surface area contributed by atoms with Crippen molar-refractivity contribution in [1.29, 1.82) is 0 Å². The van der Waals surface area contributed by atoms with Gasteiger partial charge in [-0.2, -0.15) is 0 Å². The SMILES string of the molecule is O=C(C[C@@H](CNc1ccc([N+](=O)[O-])c2nonc12)C(=O)O)OCC1c2ccccc2-c2ccccc21. The molecule has 1 aromatic heterocycles. The number of benzene rings is 3. The molecule has 3 aromatic carbocycles. The molecule has 5 rings (SSSR count). The standard InChI is InChI=1S/C25H20N4O7/c30-22(35-13-19-17-7-3-1-5-15(17)16-6-2-4-8-18(16)19)11-14(25(31)32)12-26-20-9-10-21(29(33)34)24-23(20)27-36-28-24/h1-10,14,19,26H,11-13H2,(H,31,32)/t14-/m0/s1. The number of aromatic nitrogens is 2. The van der Waals surface area contributed by atoms with Crippen molar-refractivity contribution in [2.45, 2.75) is 12.3 Å². The van der Waals surface area contributed by atoms with Gasteiger partial charge in [0.25, 0.3) is 0 Å². The third-order valence-corrected chi connectivity index (χ3v) is 6.27. The van der Waals surface area contributed by atoms with Crippen molar-refractivity contribution < 1.29 is 29.0 Å². The van der Waals surface area contributed by atoms with Gasteiger partial charge in [0.15, 0.2) is 5.52 Å². The van der Waals surface area contributed by atoms with Crippen LogP contribution in [0.25, 0.3) is 22.2 Å². The van der Waals surface area contributed by atoms with E-state index in [0.717, 1.165) is 22.3 Å². The number of nitrogens with zero attached hydrogens (tertiary/aromatic N) is 3. The summed E-state index contributed by atoms with van der Waals surface area (Å²) in [6.45, 7) is -0.0422. The van der Waals surface area contributed by atoms with Gasteiger partial charge in [0.05, 0.1) is 22.9 Å². The Morgan fingerprint density at radius 2 is 1.67 bits per heavy atom. The third-order valence-electron chi connectivity index (χ3n) is 6.27. The molecule has 0 saturated heterocycles. The van der Waals surface area contributed by atoms with Crippen LogP contribution in [0.4, 0.5) is 11.4 Å². The number of carboxylic acid groups (broad SMARTS) is 1. The van der Waals surface area contributed by atoms with E-state index in [4.69, 9.17) is 4.74 Å². The smallest absolute Gasteiger partial charge is 0.308 e. The first kappa shape index (κ1) is 23.0. The Morgan fingerprint density at radius 3 is 2.31 bits per heavy atom. The Bertz CT molecular complexity index is 1440. The average Bonchev–Trinajstić information content (AvgIpc) is 3.48. The van der Waals surface area contributed by atoms with E-state index in [2.05, 4.69) is 20.3 Å². The van der Waals surface area contributed by atoms with Gasteiger partial charge >= 0.3 is 17.6 Å². The molecule has 0 fully saturated rings. The summed E-state index contributed by atoms with van der Waals surface area (Å²) >= 11 is 0. The van der Waals surface area contributed by atoms with Crippen molar-refractivity contribution in [3.63, 3.8) is 0 Å². The zero-order chi connectivity index (χ0) is 25.2. The molecular formula is C25H20N4O7. The maximum absolute atomic E-state index is 12.6. The first-order chi connectivity index (χ1) is 17.4. The summed E-state index contributed by atoms with van der Waals surface area (Å²) < 4.78 is 10.1. The summed E-state index contributed by atoms with van der Waals surface area (Å²) in [6.07, 6.45) is -0.356. The molecule has 0 unspecified atom stereocenters. The Balaban J connectivity index is 1.24. The highest BCUT2D eigenvalue weighted by Gasteiger charge is 2.30. The first-order valence-corrected chi connectivity index (χ1v) is 11.1. The highest BCUT2D eigenvalue weighted by molar-refractivity contribution is 5.93. The van der Waals surface area contributed by atoms with Gasteiger partial charge < -0.3 is 15.2 Å². The van der Waals surface area contributed by atoms with Crippen LogP contribution in [-0.4, -0.2) is 45.4 Å². The average molecular weight is 488 g/mol. The molecule has 0 radical (unpaired) electrons. The molecule has 36 heavy (non-hydrogen) atoms. The van der Waals surface area contributed by atoms with Crippen LogP contribution in [0.15, 0.2) is 65.3 Å². The molecule has 11 heteroatoms. The second-order valence-electron chi connectivity index (χ2n) is 8.38. The minimum Gasteiger partial charge on any atom is -0.481 e. The topological polar surface area (TPSA) is 158 Å². The molecule has 1 heterocycles. The molecule has 182 valence electrons. The number of rotatable bonds is 9. The van der Waals surface area contributed by atoms with Gasteiger partial charge in [-0.15, -0.1) is 0 Å². The summed E-state index contributed by atoms with van der Waals surface area (Å²) in [5.41, 5.74) is 4.36. The molecule has 0 aliphatic heterocycles. The predicted molar refractivity (Wildman–Crippen MR) is 127 cm³/mol. The minimum absolute atomic E-state index is 0.0617. The van der Waals surface area contributed by atoms with E-state index in [1.54, 1.807) is 0 Å². The Morgan fingerprint density at radius 1 is 1.03 bits per heavy atom. The quantitative estimate of drug-likeness (QED) is 0.200. The lowest BCUT2D eigenvalue weighted by Crippen LogP contribution is -2.27. The number of hydrogen-bond donors (Lipinski definition) is 2. The van der Waals surface area contributed by atoms with Crippen molar-refractivity contribution in [3.8, 4) is 11.1 Å². The van der Waals surface area contributed by atoms with Gasteiger partial charge in [-0.3, -0.25) is 19.7 Å². The van der Waals surface area contributed by atoms with E-state index in [1.807, 2.05) is 48.5 Å². The van der Waals surface area contributed by atoms with Crippen LogP contribution in [0.2, 0.25) is 0 Å². The van der Waals surface area contributed by atoms with Crippen LogP contribution in [0, 0.1) is 16.0 Å². The fourth-order valence-corrected chi connectivity index (χ4v) is 4.50. The molecule has 0 bridgehead atoms. The van der Waals surface area contributed by atoms with E-state index in [0.29, 0.717) is 5.69 Å². The lowest BCUT2D eigenvalue weighted by atomic mass is 9.98. The minimum atomic E-state index is -1.19. The van der Waals surface area contributed by atoms with Crippen LogP contribution in [0.5, 0.6) is 0 Å². The first-order valence-electron chi connectivity index (χ1n) is 11.1. The predicted octanol–water partition coefficient (Wildman–Crippen LogP) is 3.99. The summed E-state index contributed by atoms with van der Waals surface area (Å²) in [5.74, 6) is -3.06. The Labute approximate surface area is 203 Å². The van der Waals surface area contributed by atoms with Crippen LogP contribution in [-0.2, 0) is 14.3 Å². The Kier molecular flexibility index (Phi) is 6.03. The zero-order valence-electron chi connectivity index (χ0n) is 18.8. The van der Waals surface area contributed by atoms with Crippen molar-refractivity contribution >= 4 is 34.3 Å². The molecule has 0 amide bonds. The number of ether oxygens (including phenoxy) is 1. The van der Waals surface area contributed by atoms with Crippen LogP contribution in [0.1, 0.15) is 23.5 Å². The van der Waals surface area contributed by atoms with Gasteiger partial charge in [-0.1, -0.05) is 48.5 Å². The highest BCUT2D eigenvalue weighted by atomic mass is 16.6. The molecule has 1 aliphatic carbocycles. The second kappa shape index (κ2) is 9.45. The van der Waals surface area contributed by atoms with Crippen LogP contribution in [0.3, 0.4) is 0 Å². The number of non-ortho nitro benzene ring substituents is 1. The molecule has 0 spiro atoms. The van der Waals surface area contributed by atoms with E-state index in [-0.39, 0.29) is 42.2 Å². The normalized spacial score (nSPS) is 13.1. The fraction of sp³-hybridized carbons (Fsp3) is 0.200. The maximum Gasteiger partial charge on any atom is 0.308 e. The van der Waals surface area contributed by atoms with E-state index in [9.17, 15) is 24.8 Å². The Hall–Kier alpha value is -4.80. The number of nitro benzene ring substituents is 1. The van der Waals surface area contributed by atoms with Gasteiger partial charge in [0.2, 0.25) is 5.52 Å². The molecule has 1 atom stereocenters. The lowest BCUT2D eigenvalue weighted by molar-refractivity contribution is -0.383. The molecule has 1 aliphatic rings. The number of carboxylic acids is 1. The van der Waals surface area contributed by atoms with Crippen molar-refractivity contribution in [3.05, 3.63) is 81.9 Å². The van der Waals surface area contributed by atoms with Crippen molar-refractivity contribution in [2.75, 3.05) is 18.5 Å². The number of carbonyl (C=O) groups excluding carboxylic acids is 1. The summed E-state index contributed by atoms with van der Waals surface area (Å²) in [6, 6.07) is 18.5. The summed E-state index contributed by atoms with van der Waals surface area (Å²) in [7, 11) is 0. The van der Waals surface area contributed by atoms with E-state index < -0.39 is 22.8 Å². The number of fused-ring (bicyclic) bond motifs is 4. The summed E-state index contributed by atoms with van der Waals surface area (Å²) in [4.78, 5) is 35.0. The van der Waals surface area contributed by atoms with Crippen LogP contribution < -0.4 is 5.32 Å². The van der Waals surface area contributed by atoms with E-state index in [1.165, 1.54) is 12.1 Å². The maximum atomic E-state index is 12.6. The zero-order valence-corrected chi connectivity index (χ0v) is 18.8. The molecular weight excluding hydrogens is 468 g/mol. The van der Waals surface area contributed by atoms with Gasteiger partial charge in [0, 0.05) is 18.5 Å². The number of anilines is 1. The van der Waals surface area contributed by atoms with Gasteiger partial charge in [-0.05, 0) is 38.6 Å². The molecule has 4 aromatic rings. The number of carbonyl (C=O) groups is 2. The van der Waals surface area contributed by atoms with Gasteiger partial charge in [-0.25, -0.2) is 4.63 Å². The number of aliphatic carboxylic acids is 1. The van der Waals surface area contributed by atoms with Gasteiger partial charge in [0.1, 0.15) is 6.61 Å². The molecule has 0 saturated carbocycles. The monoisotopic (exact) mass is 488 g/mol. The number of hydrogen-bond acceptors (Lipinski definition) is 9. The van der Waals surface area contributed by atoms with Crippen molar-refractivity contribution in [2.24, 2.45) is 5.92 Å². The number of nitro groups is 1. The summed E-state index contributed by atoms with van der Waals surface area (Å²) in [5, 5.41) is 30.9. The lowest BCUT2D eigenvalue weighted by Gasteiger charge is -2.16.